The molecule has 1 heterocycles. The van der Waals surface area contributed by atoms with E-state index in [0.717, 1.165) is 17.7 Å². The number of anilines is 1. The number of aromatic amines is 1. The molecule has 96 valence electrons. The third kappa shape index (κ3) is 2.70. The van der Waals surface area contributed by atoms with Crippen LogP contribution in [-0.4, -0.2) is 18.6 Å². The monoisotopic (exact) mass is 265 g/mol. The molecule has 0 aliphatic heterocycles. The highest BCUT2D eigenvalue weighted by atomic mass is 32.2. The van der Waals surface area contributed by atoms with E-state index in [2.05, 4.69) is 14.9 Å². The van der Waals surface area contributed by atoms with Gasteiger partial charge in [0.15, 0.2) is 5.82 Å². The molecule has 18 heavy (non-hydrogen) atoms. The Hall–Kier alpha value is -1.82. The molecule has 5 nitrogen and oxygen atoms in total. The van der Waals surface area contributed by atoms with Crippen molar-refractivity contribution >= 4 is 15.8 Å². The molecule has 0 aliphatic rings. The number of nitrogens with one attached hydrogen (secondary N) is 2. The lowest BCUT2D eigenvalue weighted by Crippen LogP contribution is -2.13. The van der Waals surface area contributed by atoms with Gasteiger partial charge in [0.05, 0.1) is 4.90 Å². The lowest BCUT2D eigenvalue weighted by molar-refractivity contribution is 0.601. The molecule has 0 unspecified atom stereocenters. The van der Waals surface area contributed by atoms with Crippen LogP contribution in [0.4, 0.5) is 5.82 Å². The van der Waals surface area contributed by atoms with Crippen LogP contribution in [0.2, 0.25) is 0 Å². The fourth-order valence-corrected chi connectivity index (χ4v) is 2.67. The lowest BCUT2D eigenvalue weighted by Gasteiger charge is -2.05. The summed E-state index contributed by atoms with van der Waals surface area (Å²) in [6.45, 7) is 3.81. The zero-order valence-electron chi connectivity index (χ0n) is 10.3. The molecule has 0 saturated carbocycles. The maximum absolute atomic E-state index is 12.1. The fraction of sp³-hybridized carbons (Fsp3) is 0.250. The van der Waals surface area contributed by atoms with Gasteiger partial charge in [0.1, 0.15) is 0 Å². The quantitative estimate of drug-likeness (QED) is 0.888. The summed E-state index contributed by atoms with van der Waals surface area (Å²) in [5.74, 6) is 0.313. The van der Waals surface area contributed by atoms with Crippen LogP contribution in [0.25, 0.3) is 0 Å². The van der Waals surface area contributed by atoms with E-state index in [-0.39, 0.29) is 4.90 Å². The molecule has 1 aromatic carbocycles. The Morgan fingerprint density at radius 1 is 1.33 bits per heavy atom. The van der Waals surface area contributed by atoms with Crippen LogP contribution >= 0.6 is 0 Å². The first-order valence-electron chi connectivity index (χ1n) is 5.65. The number of hydrogen-bond acceptors (Lipinski definition) is 3. The van der Waals surface area contributed by atoms with Gasteiger partial charge in [-0.2, -0.15) is 5.10 Å². The van der Waals surface area contributed by atoms with Crippen molar-refractivity contribution in [3.05, 3.63) is 41.6 Å². The molecule has 0 radical (unpaired) electrons. The Labute approximate surface area is 106 Å². The van der Waals surface area contributed by atoms with E-state index in [1.165, 1.54) is 0 Å². The van der Waals surface area contributed by atoms with Gasteiger partial charge in [-0.3, -0.25) is 9.82 Å². The van der Waals surface area contributed by atoms with Crippen LogP contribution in [0.5, 0.6) is 0 Å². The van der Waals surface area contributed by atoms with E-state index in [1.54, 1.807) is 24.3 Å². The Bertz CT molecular complexity index is 647. The number of H-pyrrole nitrogens is 1. The van der Waals surface area contributed by atoms with Gasteiger partial charge in [0.2, 0.25) is 0 Å². The largest absolute Gasteiger partial charge is 0.280 e. The number of benzene rings is 1. The van der Waals surface area contributed by atoms with E-state index in [9.17, 15) is 8.42 Å². The van der Waals surface area contributed by atoms with Crippen molar-refractivity contribution in [1.82, 2.24) is 10.2 Å². The number of aromatic nitrogens is 2. The molecule has 0 aliphatic carbocycles. The predicted octanol–water partition coefficient (Wildman–Crippen LogP) is 2.08. The molecule has 0 amide bonds. The van der Waals surface area contributed by atoms with Crippen molar-refractivity contribution in [3.63, 3.8) is 0 Å². The molecule has 2 N–H and O–H groups in total. The van der Waals surface area contributed by atoms with Gasteiger partial charge in [-0.25, -0.2) is 8.42 Å². The summed E-state index contributed by atoms with van der Waals surface area (Å²) < 4.78 is 26.6. The topological polar surface area (TPSA) is 74.8 Å². The third-order valence-corrected chi connectivity index (χ3v) is 3.90. The zero-order chi connectivity index (χ0) is 13.2. The summed E-state index contributed by atoms with van der Waals surface area (Å²) in [5.41, 5.74) is 1.78. The first-order valence-corrected chi connectivity index (χ1v) is 7.13. The first kappa shape index (κ1) is 12.6. The van der Waals surface area contributed by atoms with Crippen LogP contribution in [0.3, 0.4) is 0 Å². The Morgan fingerprint density at radius 3 is 2.72 bits per heavy atom. The predicted molar refractivity (Wildman–Crippen MR) is 70.0 cm³/mol. The van der Waals surface area contributed by atoms with Crippen molar-refractivity contribution in [2.45, 2.75) is 25.2 Å². The smallest absolute Gasteiger partial charge is 0.263 e. The normalized spacial score (nSPS) is 11.4. The van der Waals surface area contributed by atoms with E-state index in [1.807, 2.05) is 19.9 Å². The minimum absolute atomic E-state index is 0.239. The molecule has 6 heteroatoms. The number of rotatable bonds is 4. The van der Waals surface area contributed by atoms with Gasteiger partial charge in [0, 0.05) is 11.8 Å². The van der Waals surface area contributed by atoms with Crippen LogP contribution in [-0.2, 0) is 16.4 Å². The van der Waals surface area contributed by atoms with E-state index in [4.69, 9.17) is 0 Å². The van der Waals surface area contributed by atoms with Gasteiger partial charge in [-0.1, -0.05) is 19.1 Å². The first-order chi connectivity index (χ1) is 8.51. The number of aryl methyl sites for hydroxylation is 2. The van der Waals surface area contributed by atoms with E-state index >= 15 is 0 Å². The SMILES string of the molecule is CCc1cc(NS(=O)(=O)c2cccc(C)c2)n[nH]1. The molecule has 2 aromatic rings. The van der Waals surface area contributed by atoms with Crippen LogP contribution in [0, 0.1) is 6.92 Å². The van der Waals surface area contributed by atoms with E-state index in [0.29, 0.717) is 5.82 Å². The molecule has 2 rings (SSSR count). The molecule has 0 atom stereocenters. The molecular weight excluding hydrogens is 250 g/mol. The Morgan fingerprint density at radius 2 is 2.11 bits per heavy atom. The molecule has 1 aromatic heterocycles. The maximum atomic E-state index is 12.1. The van der Waals surface area contributed by atoms with Crippen LogP contribution < -0.4 is 4.72 Å². The summed E-state index contributed by atoms with van der Waals surface area (Å²) in [7, 11) is -3.56. The van der Waals surface area contributed by atoms with Gasteiger partial charge in [-0.05, 0) is 31.0 Å². The van der Waals surface area contributed by atoms with Crippen molar-refractivity contribution in [2.75, 3.05) is 4.72 Å². The van der Waals surface area contributed by atoms with Crippen molar-refractivity contribution < 1.29 is 8.42 Å². The van der Waals surface area contributed by atoms with Crippen molar-refractivity contribution in [3.8, 4) is 0 Å². The second-order valence-electron chi connectivity index (χ2n) is 4.05. The highest BCUT2D eigenvalue weighted by Gasteiger charge is 2.15. The maximum Gasteiger partial charge on any atom is 0.263 e. The van der Waals surface area contributed by atoms with Crippen LogP contribution in [0.1, 0.15) is 18.2 Å². The average Bonchev–Trinajstić information content (AvgIpc) is 2.76. The number of hydrogen-bond donors (Lipinski definition) is 2. The van der Waals surface area contributed by atoms with Crippen molar-refractivity contribution in [2.24, 2.45) is 0 Å². The zero-order valence-corrected chi connectivity index (χ0v) is 11.1. The molecule has 0 saturated heterocycles. The summed E-state index contributed by atoms with van der Waals surface area (Å²) in [6, 6.07) is 8.43. The minimum atomic E-state index is -3.56. The number of nitrogens with zero attached hydrogens (tertiary/aromatic N) is 1. The van der Waals surface area contributed by atoms with Gasteiger partial charge < -0.3 is 0 Å². The van der Waals surface area contributed by atoms with Gasteiger partial charge in [-0.15, -0.1) is 0 Å². The average molecular weight is 265 g/mol. The Kier molecular flexibility index (Phi) is 3.38. The summed E-state index contributed by atoms with van der Waals surface area (Å²) >= 11 is 0. The third-order valence-electron chi connectivity index (χ3n) is 2.55. The molecule has 0 spiro atoms. The van der Waals surface area contributed by atoms with E-state index < -0.39 is 10.0 Å². The second kappa shape index (κ2) is 4.81. The van der Waals surface area contributed by atoms with Crippen molar-refractivity contribution in [1.29, 1.82) is 0 Å². The Balaban J connectivity index is 2.27. The molecule has 0 bridgehead atoms. The standard InChI is InChI=1S/C12H15N3O2S/c1-3-10-8-12(14-13-10)15-18(16,17)11-6-4-5-9(2)7-11/h4-8H,3H2,1-2H3,(H2,13,14,15). The molecule has 0 fully saturated rings. The number of sulfonamides is 1. The summed E-state index contributed by atoms with van der Waals surface area (Å²) in [5, 5.41) is 6.67. The second-order valence-corrected chi connectivity index (χ2v) is 5.74. The summed E-state index contributed by atoms with van der Waals surface area (Å²) in [4.78, 5) is 0.239. The van der Waals surface area contributed by atoms with Gasteiger partial charge in [0.25, 0.3) is 10.0 Å². The minimum Gasteiger partial charge on any atom is -0.280 e. The molecular formula is C12H15N3O2S. The lowest BCUT2D eigenvalue weighted by atomic mass is 10.2. The fourth-order valence-electron chi connectivity index (χ4n) is 1.57. The highest BCUT2D eigenvalue weighted by Crippen LogP contribution is 2.16. The van der Waals surface area contributed by atoms with Gasteiger partial charge >= 0.3 is 0 Å². The summed E-state index contributed by atoms with van der Waals surface area (Å²) in [6.07, 6.45) is 0.777. The van der Waals surface area contributed by atoms with Crippen LogP contribution in [0.15, 0.2) is 35.2 Å². The highest BCUT2D eigenvalue weighted by molar-refractivity contribution is 7.92.